The van der Waals surface area contributed by atoms with E-state index in [2.05, 4.69) is 5.32 Å². The molecule has 2 aliphatic heterocycles. The Bertz CT molecular complexity index is 1140. The Morgan fingerprint density at radius 2 is 1.85 bits per heavy atom. The number of hydrogen-bond donors (Lipinski definition) is 1. The first-order valence-corrected chi connectivity index (χ1v) is 12.4. The second-order valence-corrected chi connectivity index (χ2v) is 11.5. The highest BCUT2D eigenvalue weighted by molar-refractivity contribution is 7.95. The molecule has 144 valence electrons. The average molecular weight is 408 g/mol. The van der Waals surface area contributed by atoms with Crippen LogP contribution in [0.15, 0.2) is 45.0 Å². The Labute approximate surface area is 159 Å². The van der Waals surface area contributed by atoms with E-state index in [0.29, 0.717) is 41.7 Å². The first-order chi connectivity index (χ1) is 12.6. The van der Waals surface area contributed by atoms with Crippen LogP contribution in [0.1, 0.15) is 42.7 Å². The highest BCUT2D eigenvalue weighted by atomic mass is 32.2. The van der Waals surface area contributed by atoms with Crippen LogP contribution >= 0.6 is 0 Å². The van der Waals surface area contributed by atoms with E-state index in [0.717, 1.165) is 18.4 Å². The molecule has 0 amide bonds. The third kappa shape index (κ3) is 2.95. The van der Waals surface area contributed by atoms with E-state index < -0.39 is 25.6 Å². The summed E-state index contributed by atoms with van der Waals surface area (Å²) in [4.78, 5) is 13.1. The van der Waals surface area contributed by atoms with E-state index in [1.54, 1.807) is 19.1 Å². The van der Waals surface area contributed by atoms with Gasteiger partial charge in [-0.1, -0.05) is 12.1 Å². The van der Waals surface area contributed by atoms with Gasteiger partial charge in [0.1, 0.15) is 0 Å². The summed E-state index contributed by atoms with van der Waals surface area (Å²) in [6, 6.07) is 4.96. The molecule has 2 heterocycles. The van der Waals surface area contributed by atoms with Crippen LogP contribution in [0.5, 0.6) is 0 Å². The molecule has 0 unspecified atom stereocenters. The Morgan fingerprint density at radius 3 is 2.56 bits per heavy atom. The molecule has 0 saturated heterocycles. The zero-order valence-electron chi connectivity index (χ0n) is 15.2. The standard InChI is InChI=1S/C19H21NO5S2/c1-11-6-7-12(10-16(11)26(2,22)23)17-18-13(4-3-5-15(18)21)20-14-8-9-27(24,25)19(14)17/h6-7,10,17,20H,3-5,8-9H2,1-2H3/t17-/m0/s1. The van der Waals surface area contributed by atoms with Crippen LogP contribution in [0.2, 0.25) is 0 Å². The van der Waals surface area contributed by atoms with Crippen molar-refractivity contribution in [1.29, 1.82) is 0 Å². The summed E-state index contributed by atoms with van der Waals surface area (Å²) in [6.07, 6.45) is 3.33. The minimum Gasteiger partial charge on any atom is -0.361 e. The first-order valence-electron chi connectivity index (χ1n) is 8.89. The number of nitrogens with one attached hydrogen (secondary N) is 1. The van der Waals surface area contributed by atoms with E-state index in [1.807, 2.05) is 0 Å². The van der Waals surface area contributed by atoms with Gasteiger partial charge in [0.15, 0.2) is 25.5 Å². The van der Waals surface area contributed by atoms with Gasteiger partial charge in [0, 0.05) is 36.1 Å². The number of carbonyl (C=O) groups is 1. The van der Waals surface area contributed by atoms with Crippen molar-refractivity contribution in [3.8, 4) is 0 Å². The Balaban J connectivity index is 1.98. The van der Waals surface area contributed by atoms with Crippen molar-refractivity contribution in [3.63, 3.8) is 0 Å². The fourth-order valence-electron chi connectivity index (χ4n) is 4.29. The molecule has 1 aromatic rings. The topological polar surface area (TPSA) is 97.4 Å². The van der Waals surface area contributed by atoms with Crippen LogP contribution in [-0.4, -0.2) is 34.6 Å². The molecule has 3 aliphatic rings. The second-order valence-electron chi connectivity index (χ2n) is 7.44. The molecule has 1 aliphatic carbocycles. The van der Waals surface area contributed by atoms with E-state index in [1.165, 1.54) is 6.07 Å². The van der Waals surface area contributed by atoms with Gasteiger partial charge in [-0.2, -0.15) is 0 Å². The molecule has 0 saturated carbocycles. The fourth-order valence-corrected chi connectivity index (χ4v) is 7.13. The molecule has 0 spiro atoms. The maximum Gasteiger partial charge on any atom is 0.177 e. The Kier molecular flexibility index (Phi) is 4.12. The summed E-state index contributed by atoms with van der Waals surface area (Å²) in [6.45, 7) is 1.70. The smallest absolute Gasteiger partial charge is 0.177 e. The largest absolute Gasteiger partial charge is 0.361 e. The molecule has 0 bridgehead atoms. The zero-order valence-corrected chi connectivity index (χ0v) is 16.8. The van der Waals surface area contributed by atoms with Crippen molar-refractivity contribution in [2.45, 2.75) is 43.4 Å². The second kappa shape index (κ2) is 6.04. The van der Waals surface area contributed by atoms with Gasteiger partial charge < -0.3 is 5.32 Å². The highest BCUT2D eigenvalue weighted by Gasteiger charge is 2.44. The summed E-state index contributed by atoms with van der Waals surface area (Å²) in [7, 11) is -6.97. The molecule has 1 aromatic carbocycles. The molecule has 0 fully saturated rings. The number of ketones is 1. The predicted molar refractivity (Wildman–Crippen MR) is 101 cm³/mol. The zero-order chi connectivity index (χ0) is 19.6. The summed E-state index contributed by atoms with van der Waals surface area (Å²) in [5.74, 6) is -0.776. The number of dihydropyridines is 1. The van der Waals surface area contributed by atoms with Crippen LogP contribution in [-0.2, 0) is 24.5 Å². The lowest BCUT2D eigenvalue weighted by Gasteiger charge is -2.33. The highest BCUT2D eigenvalue weighted by Crippen LogP contribution is 2.47. The van der Waals surface area contributed by atoms with Crippen LogP contribution in [0.25, 0.3) is 0 Å². The molecule has 1 N–H and O–H groups in total. The van der Waals surface area contributed by atoms with Crippen LogP contribution in [0.4, 0.5) is 0 Å². The normalized spacial score (nSPS) is 24.5. The summed E-state index contributed by atoms with van der Waals surface area (Å²) >= 11 is 0. The number of benzene rings is 1. The predicted octanol–water partition coefficient (Wildman–Crippen LogP) is 2.12. The lowest BCUT2D eigenvalue weighted by Crippen LogP contribution is -2.32. The summed E-state index contributed by atoms with van der Waals surface area (Å²) < 4.78 is 49.9. The van der Waals surface area contributed by atoms with E-state index >= 15 is 0 Å². The third-order valence-corrected chi connectivity index (χ3v) is 8.64. The summed E-state index contributed by atoms with van der Waals surface area (Å²) in [5.41, 5.74) is 3.06. The molecule has 8 heteroatoms. The molecule has 27 heavy (non-hydrogen) atoms. The number of Topliss-reactive ketones (excluding diaryl/α,β-unsaturated/α-hetero) is 1. The number of hydrogen-bond acceptors (Lipinski definition) is 6. The van der Waals surface area contributed by atoms with Crippen molar-refractivity contribution >= 4 is 25.5 Å². The maximum atomic E-state index is 12.8. The number of carbonyl (C=O) groups excluding carboxylic acids is 1. The van der Waals surface area contributed by atoms with Gasteiger partial charge in [-0.15, -0.1) is 0 Å². The SMILES string of the molecule is Cc1ccc([C@H]2C3=C(CCCC3=O)NC3=C2S(=O)(=O)CC3)cc1S(C)(=O)=O. The Morgan fingerprint density at radius 1 is 1.11 bits per heavy atom. The minimum atomic E-state index is -3.50. The quantitative estimate of drug-likeness (QED) is 0.807. The van der Waals surface area contributed by atoms with Crippen molar-refractivity contribution in [1.82, 2.24) is 5.32 Å². The minimum absolute atomic E-state index is 0.0146. The Hall–Kier alpha value is -1.93. The van der Waals surface area contributed by atoms with Gasteiger partial charge in [0.25, 0.3) is 0 Å². The molecule has 0 radical (unpaired) electrons. The van der Waals surface area contributed by atoms with Gasteiger partial charge in [-0.25, -0.2) is 16.8 Å². The molecule has 1 atom stereocenters. The molecule has 6 nitrogen and oxygen atoms in total. The third-order valence-electron chi connectivity index (χ3n) is 5.51. The number of sulfone groups is 2. The van der Waals surface area contributed by atoms with Crippen molar-refractivity contribution in [2.75, 3.05) is 12.0 Å². The van der Waals surface area contributed by atoms with Crippen LogP contribution in [0, 0.1) is 6.92 Å². The van der Waals surface area contributed by atoms with Crippen LogP contribution < -0.4 is 5.32 Å². The van der Waals surface area contributed by atoms with Crippen molar-refractivity contribution in [2.24, 2.45) is 0 Å². The van der Waals surface area contributed by atoms with Crippen LogP contribution in [0.3, 0.4) is 0 Å². The van der Waals surface area contributed by atoms with Gasteiger partial charge >= 0.3 is 0 Å². The van der Waals surface area contributed by atoms with Gasteiger partial charge in [0.05, 0.1) is 21.5 Å². The summed E-state index contributed by atoms with van der Waals surface area (Å²) in [5, 5.41) is 3.20. The number of aryl methyl sites for hydroxylation is 1. The molecule has 4 rings (SSSR count). The van der Waals surface area contributed by atoms with Crippen molar-refractivity contribution in [3.05, 3.63) is 51.2 Å². The average Bonchev–Trinajstić information content (AvgIpc) is 2.88. The fraction of sp³-hybridized carbons (Fsp3) is 0.421. The lowest BCUT2D eigenvalue weighted by atomic mass is 9.79. The van der Waals surface area contributed by atoms with Gasteiger partial charge in [0.2, 0.25) is 0 Å². The molecular formula is C19H21NO5S2. The van der Waals surface area contributed by atoms with E-state index in [4.69, 9.17) is 0 Å². The first kappa shape index (κ1) is 18.4. The molecular weight excluding hydrogens is 386 g/mol. The maximum absolute atomic E-state index is 12.8. The van der Waals surface area contributed by atoms with E-state index in [-0.39, 0.29) is 21.3 Å². The van der Waals surface area contributed by atoms with Gasteiger partial charge in [-0.3, -0.25) is 4.79 Å². The molecule has 0 aromatic heterocycles. The van der Waals surface area contributed by atoms with Gasteiger partial charge in [-0.05, 0) is 37.0 Å². The lowest BCUT2D eigenvalue weighted by molar-refractivity contribution is -0.116. The number of rotatable bonds is 2. The van der Waals surface area contributed by atoms with Crippen molar-refractivity contribution < 1.29 is 21.6 Å². The van der Waals surface area contributed by atoms with E-state index in [9.17, 15) is 21.6 Å². The monoisotopic (exact) mass is 407 g/mol. The number of allylic oxidation sites excluding steroid dienone is 4.